The van der Waals surface area contributed by atoms with Gasteiger partial charge in [-0.2, -0.15) is 0 Å². The molecule has 39 atom stereocenters. The molecule has 3 amide bonds. The minimum atomic E-state index is -2.35. The number of ether oxygens (including phenoxy) is 14. The van der Waals surface area contributed by atoms with Crippen LogP contribution in [-0.2, 0) is 85.5 Å². The van der Waals surface area contributed by atoms with Gasteiger partial charge in [-0.1, -0.05) is 0 Å². The van der Waals surface area contributed by atoms with Crippen LogP contribution in [0.1, 0.15) is 20.8 Å². The molecule has 7 heterocycles. The van der Waals surface area contributed by atoms with Crippen LogP contribution in [-0.4, -0.2) is 433 Å². The van der Waals surface area contributed by atoms with Crippen LogP contribution in [0.2, 0.25) is 0 Å². The van der Waals surface area contributed by atoms with Gasteiger partial charge in [0.1, 0.15) is 195 Å². The van der Waals surface area contributed by atoms with Gasteiger partial charge >= 0.3 is 0 Å². The summed E-state index contributed by atoms with van der Waals surface area (Å²) in [5.74, 6) is -2.76. The molecule has 0 saturated carbocycles. The van der Waals surface area contributed by atoms with Crippen LogP contribution in [0.4, 0.5) is 0 Å². The van der Waals surface area contributed by atoms with E-state index in [1.54, 1.807) is 0 Å². The lowest BCUT2D eigenvalue weighted by molar-refractivity contribution is -0.388. The fraction of sp³-hybridized carbons (Fsp3) is 0.926. The largest absolute Gasteiger partial charge is 0.394 e. The van der Waals surface area contributed by atoms with Crippen molar-refractivity contribution in [3.63, 3.8) is 0 Å². The Labute approximate surface area is 554 Å². The van der Waals surface area contributed by atoms with Gasteiger partial charge in [-0.25, -0.2) is 0 Å². The highest BCUT2D eigenvalue weighted by Gasteiger charge is 2.60. The summed E-state index contributed by atoms with van der Waals surface area (Å²) in [5, 5.41) is 257. The number of carbonyl (C=O) groups is 4. The van der Waals surface area contributed by atoms with Gasteiger partial charge in [-0.15, -0.1) is 0 Å². The quantitative estimate of drug-likeness (QED) is 0.0309. The van der Waals surface area contributed by atoms with E-state index >= 15 is 0 Å². The van der Waals surface area contributed by atoms with Crippen molar-refractivity contribution in [3.05, 3.63) is 0 Å². The first-order valence-corrected chi connectivity index (χ1v) is 30.9. The van der Waals surface area contributed by atoms with Crippen molar-refractivity contribution in [2.24, 2.45) is 0 Å². The Morgan fingerprint density at radius 2 is 0.633 bits per heavy atom. The molecule has 98 heavy (non-hydrogen) atoms. The molecule has 0 spiro atoms. The molecule has 568 valence electrons. The number of nitrogens with one attached hydrogen (secondary N) is 3. The average Bonchev–Trinajstić information content (AvgIpc) is 0.775. The topological polar surface area (TPSA) is 699 Å². The van der Waals surface area contributed by atoms with Gasteiger partial charge in [0.15, 0.2) is 50.3 Å². The highest BCUT2D eigenvalue weighted by molar-refractivity contribution is 5.74. The summed E-state index contributed by atoms with van der Waals surface area (Å²) in [7, 11) is 0. The maximum Gasteiger partial charge on any atom is 0.217 e. The van der Waals surface area contributed by atoms with E-state index in [1.807, 2.05) is 0 Å². The summed E-state index contributed by atoms with van der Waals surface area (Å²) in [6.45, 7) is -5.85. The van der Waals surface area contributed by atoms with E-state index in [0.29, 0.717) is 0 Å². The monoisotopic (exact) mass is 1440 g/mol. The third kappa shape index (κ3) is 18.2. The Bertz CT molecular complexity index is 2490. The molecule has 26 N–H and O–H groups in total. The number of aliphatic hydroxyl groups is 23. The van der Waals surface area contributed by atoms with E-state index in [1.165, 1.54) is 0 Å². The molecular weight excluding hydrogens is 1350 g/mol. The minimum Gasteiger partial charge on any atom is -0.394 e. The second-order valence-corrected chi connectivity index (χ2v) is 24.2. The first-order valence-electron chi connectivity index (χ1n) is 30.9. The number of amides is 3. The van der Waals surface area contributed by atoms with Crippen molar-refractivity contribution in [2.45, 2.75) is 260 Å². The van der Waals surface area contributed by atoms with Gasteiger partial charge < -0.3 is 205 Å². The molecule has 0 aromatic carbocycles. The lowest BCUT2D eigenvalue weighted by Crippen LogP contribution is -2.71. The van der Waals surface area contributed by atoms with Crippen molar-refractivity contribution in [1.29, 1.82) is 0 Å². The van der Waals surface area contributed by atoms with Crippen molar-refractivity contribution < 1.29 is 203 Å². The Morgan fingerprint density at radius 3 is 0.990 bits per heavy atom. The van der Waals surface area contributed by atoms with Gasteiger partial charge in [0, 0.05) is 20.8 Å². The van der Waals surface area contributed by atoms with Crippen LogP contribution in [0.5, 0.6) is 0 Å². The number of carbonyl (C=O) groups excluding carboxylic acids is 4. The van der Waals surface area contributed by atoms with E-state index in [9.17, 15) is 137 Å². The maximum absolute atomic E-state index is 12.9. The van der Waals surface area contributed by atoms with E-state index in [4.69, 9.17) is 66.3 Å². The molecule has 0 bridgehead atoms. The van der Waals surface area contributed by atoms with Crippen molar-refractivity contribution in [2.75, 3.05) is 52.9 Å². The molecule has 44 nitrogen and oxygen atoms in total. The summed E-state index contributed by atoms with van der Waals surface area (Å²) in [6, 6.07) is -5.62. The predicted octanol–water partition coefficient (Wildman–Crippen LogP) is -18.2. The number of hydrogen-bond acceptors (Lipinski definition) is 41. The third-order valence-corrected chi connectivity index (χ3v) is 17.4. The summed E-state index contributed by atoms with van der Waals surface area (Å²) in [4.78, 5) is 49.6. The van der Waals surface area contributed by atoms with Crippen molar-refractivity contribution in [3.8, 4) is 0 Å². The summed E-state index contributed by atoms with van der Waals surface area (Å²) in [6.07, 6.45) is -73.9. The molecule has 0 aromatic heterocycles. The Kier molecular flexibility index (Phi) is 30.4. The number of rotatable bonds is 29. The van der Waals surface area contributed by atoms with Gasteiger partial charge in [-0.05, 0) is 0 Å². The maximum atomic E-state index is 12.9. The van der Waals surface area contributed by atoms with Crippen molar-refractivity contribution >= 4 is 24.0 Å². The van der Waals surface area contributed by atoms with Gasteiger partial charge in [0.25, 0.3) is 0 Å². The summed E-state index contributed by atoms with van der Waals surface area (Å²) >= 11 is 0. The number of aldehydes is 1. The number of aliphatic hydroxyl groups excluding tert-OH is 23. The summed E-state index contributed by atoms with van der Waals surface area (Å²) in [5.41, 5.74) is 0. The highest BCUT2D eigenvalue weighted by atomic mass is 16.8. The summed E-state index contributed by atoms with van der Waals surface area (Å²) < 4.78 is 81.0. The zero-order valence-electron chi connectivity index (χ0n) is 52.4. The average molecular weight is 1440 g/mol. The Hall–Kier alpha value is -3.40. The van der Waals surface area contributed by atoms with Crippen LogP contribution in [0.15, 0.2) is 0 Å². The SMILES string of the molecule is CC(=O)N[C@H]1[C@H](O[C@H]2[C@@H](O)[C@@H](CO)O[C@@H](O[C@@H]([C@H](O)[C@@H](O)C=O)[C@H](O)CO)[C@@H]2O)O[C@H](CO)[C@@H](OC2O[C@H](CO)[C@H](O)[C@H](O[C@@H]3O[C@H](CO)C(O[C@@H]4O[C@H](CO)[C@H](O)[C@H](O[C@@H]5O[C@H](CO)[C@@H](O)[C@H](O[C@@H]6O[C@H](CO)[C@H](O)[C@H](O)[C@H]6O)[C@H]5NC(C)=O)[C@H]4O)[C@H](O)[C@H]3NC(C)=O)[C@H]2O)[C@@H]1O. The van der Waals surface area contributed by atoms with E-state index in [-0.39, 0.29) is 6.29 Å². The van der Waals surface area contributed by atoms with Gasteiger partial charge in [0.2, 0.25) is 17.7 Å². The second kappa shape index (κ2) is 36.3. The van der Waals surface area contributed by atoms with Crippen LogP contribution < -0.4 is 16.0 Å². The molecule has 7 aliphatic rings. The normalized spacial score (nSPS) is 46.1. The molecule has 0 aliphatic carbocycles. The smallest absolute Gasteiger partial charge is 0.217 e. The van der Waals surface area contributed by atoms with E-state index in [2.05, 4.69) is 16.0 Å². The predicted molar refractivity (Wildman–Crippen MR) is 300 cm³/mol. The lowest BCUT2D eigenvalue weighted by atomic mass is 9.93. The Balaban J connectivity index is 1.10. The molecule has 7 fully saturated rings. The Morgan fingerprint density at radius 1 is 0.347 bits per heavy atom. The lowest BCUT2D eigenvalue weighted by Gasteiger charge is -2.51. The first-order chi connectivity index (χ1) is 46.4. The molecule has 7 saturated heterocycles. The molecule has 0 radical (unpaired) electrons. The fourth-order valence-corrected chi connectivity index (χ4v) is 12.2. The van der Waals surface area contributed by atoms with Crippen LogP contribution in [0.25, 0.3) is 0 Å². The molecule has 2 unspecified atom stereocenters. The highest BCUT2D eigenvalue weighted by Crippen LogP contribution is 2.39. The molecule has 7 aliphatic heterocycles. The number of hydrogen-bond donors (Lipinski definition) is 26. The second-order valence-electron chi connectivity index (χ2n) is 24.2. The van der Waals surface area contributed by atoms with E-state index in [0.717, 1.165) is 20.8 Å². The van der Waals surface area contributed by atoms with Gasteiger partial charge in [-0.3, -0.25) is 14.4 Å². The molecule has 0 aromatic rings. The van der Waals surface area contributed by atoms with Gasteiger partial charge in [0.05, 0.1) is 52.9 Å². The molecule has 44 heteroatoms. The molecule has 7 rings (SSSR count). The van der Waals surface area contributed by atoms with Crippen LogP contribution in [0.3, 0.4) is 0 Å². The fourth-order valence-electron chi connectivity index (χ4n) is 12.2. The first kappa shape index (κ1) is 81.9. The minimum absolute atomic E-state index is 0.155. The van der Waals surface area contributed by atoms with Crippen LogP contribution in [0, 0.1) is 0 Å². The zero-order chi connectivity index (χ0) is 72.6. The van der Waals surface area contributed by atoms with Crippen molar-refractivity contribution in [1.82, 2.24) is 16.0 Å². The van der Waals surface area contributed by atoms with E-state index < -0.39 is 310 Å². The molecular formula is C54H91N3O41. The van der Waals surface area contributed by atoms with Crippen LogP contribution >= 0.6 is 0 Å². The third-order valence-electron chi connectivity index (χ3n) is 17.4. The zero-order valence-corrected chi connectivity index (χ0v) is 52.4. The standard InChI is InChI=1S/C54H91N3O41/c1-13(67)55-25-34(78)42(23(11-65)90-48(25)96-45-31(75)20(8-62)87-52(38(45)82)92-41(17(71)5-59)28(72)16(70)4-58)93-53-39(83)46(32(76)21(9-63)88-53)97-49-26(56-14(2)68)35(79)43(24(12-66)91-49)94-54-40(84)47(33(77)22(10-64)89-54)98-50-27(57-15(3)69)44(30(74)19(7-61)85-50)95-51-37(81)36(80)29(73)18(6-60)86-51/h4,16-54,59-66,70-84H,5-12H2,1-3H3,(H,55,67)(H,56,68)(H,57,69)/t16-,17+,18+,19+,20+,21+,22+,23+,24+,25+,26+,27+,28+,29-,30+,31-,32-,33-,34+,35+,36-,37+,38+,39+,40+,41+,42+,43?,44+,45-,46-,47-,48-,49-,50-,51-,52-,53?,54-/m0/s1.